The highest BCUT2D eigenvalue weighted by Gasteiger charge is 2.17. The zero-order valence-corrected chi connectivity index (χ0v) is 13.0. The van der Waals surface area contributed by atoms with Gasteiger partial charge in [0.1, 0.15) is 5.75 Å². The molecule has 1 atom stereocenters. The van der Waals surface area contributed by atoms with E-state index in [1.807, 2.05) is 51.1 Å². The molecular formula is C16H19NO2S. The molecule has 0 aliphatic carbocycles. The molecule has 0 saturated heterocycles. The van der Waals surface area contributed by atoms with Gasteiger partial charge in [-0.25, -0.2) is 0 Å². The summed E-state index contributed by atoms with van der Waals surface area (Å²) in [5.41, 5.74) is 1.74. The first kappa shape index (κ1) is 14.6. The summed E-state index contributed by atoms with van der Waals surface area (Å²) in [5, 5.41) is 3.03. The van der Waals surface area contributed by atoms with Crippen LogP contribution in [0, 0.1) is 13.8 Å². The number of carbonyl (C=O) groups is 1. The summed E-state index contributed by atoms with van der Waals surface area (Å²) in [6, 6.07) is 9.57. The van der Waals surface area contributed by atoms with Gasteiger partial charge in [-0.1, -0.05) is 18.2 Å². The maximum atomic E-state index is 12.3. The molecular weight excluding hydrogens is 270 g/mol. The second-order valence-corrected chi connectivity index (χ2v) is 6.22. The molecule has 1 aromatic carbocycles. The zero-order chi connectivity index (χ0) is 14.7. The topological polar surface area (TPSA) is 38.3 Å². The molecule has 1 heterocycles. The maximum absolute atomic E-state index is 12.3. The quantitative estimate of drug-likeness (QED) is 0.928. The van der Waals surface area contributed by atoms with E-state index in [1.54, 1.807) is 18.4 Å². The smallest absolute Gasteiger partial charge is 0.252 e. The highest BCUT2D eigenvalue weighted by molar-refractivity contribution is 7.12. The zero-order valence-electron chi connectivity index (χ0n) is 12.2. The van der Waals surface area contributed by atoms with E-state index in [1.165, 1.54) is 0 Å². The van der Waals surface area contributed by atoms with Crippen LogP contribution in [0.2, 0.25) is 0 Å². The summed E-state index contributed by atoms with van der Waals surface area (Å²) in [7, 11) is 1.64. The third kappa shape index (κ3) is 3.02. The Labute approximate surface area is 123 Å². The predicted molar refractivity (Wildman–Crippen MR) is 82.7 cm³/mol. The largest absolute Gasteiger partial charge is 0.496 e. The van der Waals surface area contributed by atoms with Crippen molar-refractivity contribution in [3.63, 3.8) is 0 Å². The number of methoxy groups -OCH3 is 1. The van der Waals surface area contributed by atoms with E-state index in [9.17, 15) is 4.79 Å². The van der Waals surface area contributed by atoms with E-state index < -0.39 is 0 Å². The Morgan fingerprint density at radius 3 is 2.60 bits per heavy atom. The Morgan fingerprint density at radius 2 is 2.00 bits per heavy atom. The lowest BCUT2D eigenvalue weighted by Gasteiger charge is -2.17. The second-order valence-electron chi connectivity index (χ2n) is 4.76. The molecule has 0 spiro atoms. The first-order valence-electron chi connectivity index (χ1n) is 6.53. The average Bonchev–Trinajstić information content (AvgIpc) is 2.77. The van der Waals surface area contributed by atoms with Gasteiger partial charge in [0.05, 0.1) is 18.7 Å². The molecule has 106 valence electrons. The van der Waals surface area contributed by atoms with Gasteiger partial charge in [0.2, 0.25) is 0 Å². The molecule has 1 aromatic heterocycles. The number of nitrogens with one attached hydrogen (secondary N) is 1. The van der Waals surface area contributed by atoms with Crippen LogP contribution in [0.25, 0.3) is 0 Å². The number of aryl methyl sites for hydroxylation is 2. The lowest BCUT2D eigenvalue weighted by molar-refractivity contribution is 0.0939. The first-order valence-corrected chi connectivity index (χ1v) is 7.35. The number of amides is 1. The Bertz CT molecular complexity index is 619. The summed E-state index contributed by atoms with van der Waals surface area (Å²) >= 11 is 1.64. The molecule has 2 rings (SSSR count). The molecule has 20 heavy (non-hydrogen) atoms. The Kier molecular flexibility index (Phi) is 4.45. The van der Waals surface area contributed by atoms with Crippen molar-refractivity contribution in [2.24, 2.45) is 0 Å². The lowest BCUT2D eigenvalue weighted by atomic mass is 10.1. The van der Waals surface area contributed by atoms with Crippen LogP contribution in [-0.4, -0.2) is 13.0 Å². The van der Waals surface area contributed by atoms with Crippen LogP contribution in [0.3, 0.4) is 0 Å². The summed E-state index contributed by atoms with van der Waals surface area (Å²) < 4.78 is 5.33. The number of rotatable bonds is 4. The number of hydrogen-bond acceptors (Lipinski definition) is 3. The van der Waals surface area contributed by atoms with Crippen molar-refractivity contribution in [1.82, 2.24) is 5.32 Å². The van der Waals surface area contributed by atoms with Crippen molar-refractivity contribution >= 4 is 17.2 Å². The van der Waals surface area contributed by atoms with Gasteiger partial charge in [-0.2, -0.15) is 0 Å². The normalized spacial score (nSPS) is 12.0. The number of carbonyl (C=O) groups excluding carboxylic acids is 1. The number of para-hydroxylation sites is 1. The molecule has 0 aliphatic rings. The average molecular weight is 289 g/mol. The number of hydrogen-bond donors (Lipinski definition) is 1. The van der Waals surface area contributed by atoms with E-state index in [4.69, 9.17) is 4.74 Å². The number of thiophene rings is 1. The molecule has 2 aromatic rings. The van der Waals surface area contributed by atoms with Gasteiger partial charge in [-0.15, -0.1) is 11.3 Å². The second kappa shape index (κ2) is 6.09. The minimum Gasteiger partial charge on any atom is -0.496 e. The van der Waals surface area contributed by atoms with E-state index in [0.29, 0.717) is 0 Å². The lowest BCUT2D eigenvalue weighted by Crippen LogP contribution is -2.27. The predicted octanol–water partition coefficient (Wildman–Crippen LogP) is 3.86. The van der Waals surface area contributed by atoms with Crippen LogP contribution in [0.5, 0.6) is 5.75 Å². The molecule has 1 N–H and O–H groups in total. The highest BCUT2D eigenvalue weighted by atomic mass is 32.1. The van der Waals surface area contributed by atoms with Gasteiger partial charge in [0.15, 0.2) is 0 Å². The van der Waals surface area contributed by atoms with Crippen LogP contribution in [0.1, 0.15) is 38.6 Å². The minimum atomic E-state index is -0.0988. The van der Waals surface area contributed by atoms with Crippen molar-refractivity contribution in [1.29, 1.82) is 0 Å². The molecule has 1 unspecified atom stereocenters. The fourth-order valence-corrected chi connectivity index (χ4v) is 3.15. The van der Waals surface area contributed by atoms with Gasteiger partial charge in [-0.3, -0.25) is 4.79 Å². The van der Waals surface area contributed by atoms with Crippen molar-refractivity contribution in [2.75, 3.05) is 7.11 Å². The summed E-state index contributed by atoms with van der Waals surface area (Å²) in [6.07, 6.45) is 0. The van der Waals surface area contributed by atoms with E-state index in [-0.39, 0.29) is 11.9 Å². The molecule has 0 radical (unpaired) electrons. The fraction of sp³-hybridized carbons (Fsp3) is 0.312. The molecule has 0 fully saturated rings. The van der Waals surface area contributed by atoms with Crippen molar-refractivity contribution in [2.45, 2.75) is 26.8 Å². The van der Waals surface area contributed by atoms with Crippen LogP contribution < -0.4 is 10.1 Å². The SMILES string of the molecule is COc1ccccc1C(C)NC(=O)c1cc(C)sc1C. The number of benzene rings is 1. The molecule has 0 bridgehead atoms. The third-order valence-electron chi connectivity index (χ3n) is 3.24. The Hall–Kier alpha value is -1.81. The van der Waals surface area contributed by atoms with Gasteiger partial charge < -0.3 is 10.1 Å². The molecule has 3 nitrogen and oxygen atoms in total. The standard InChI is InChI=1S/C16H19NO2S/c1-10-9-14(12(3)20-10)16(18)17-11(2)13-7-5-6-8-15(13)19-4/h5-9,11H,1-4H3,(H,17,18). The van der Waals surface area contributed by atoms with Crippen molar-refractivity contribution in [3.05, 3.63) is 51.2 Å². The van der Waals surface area contributed by atoms with Gasteiger partial charge in [0, 0.05) is 15.3 Å². The van der Waals surface area contributed by atoms with Crippen LogP contribution in [0.15, 0.2) is 30.3 Å². The minimum absolute atomic E-state index is 0.0368. The molecule has 1 amide bonds. The van der Waals surface area contributed by atoms with Gasteiger partial charge >= 0.3 is 0 Å². The Balaban J connectivity index is 2.17. The van der Waals surface area contributed by atoms with Crippen LogP contribution in [0.4, 0.5) is 0 Å². The third-order valence-corrected chi connectivity index (χ3v) is 4.20. The Morgan fingerprint density at radius 1 is 1.30 bits per heavy atom. The summed E-state index contributed by atoms with van der Waals surface area (Å²) in [4.78, 5) is 14.5. The molecule has 0 aliphatic heterocycles. The van der Waals surface area contributed by atoms with Gasteiger partial charge in [-0.05, 0) is 32.9 Å². The van der Waals surface area contributed by atoms with Crippen LogP contribution in [-0.2, 0) is 0 Å². The van der Waals surface area contributed by atoms with Gasteiger partial charge in [0.25, 0.3) is 5.91 Å². The monoisotopic (exact) mass is 289 g/mol. The van der Waals surface area contributed by atoms with E-state index >= 15 is 0 Å². The van der Waals surface area contributed by atoms with E-state index in [0.717, 1.165) is 26.6 Å². The molecule has 0 saturated carbocycles. The number of ether oxygens (including phenoxy) is 1. The van der Waals surface area contributed by atoms with Crippen molar-refractivity contribution in [3.8, 4) is 5.75 Å². The summed E-state index contributed by atoms with van der Waals surface area (Å²) in [6.45, 7) is 5.95. The van der Waals surface area contributed by atoms with Crippen molar-refractivity contribution < 1.29 is 9.53 Å². The van der Waals surface area contributed by atoms with Crippen LogP contribution >= 0.6 is 11.3 Å². The highest BCUT2D eigenvalue weighted by Crippen LogP contribution is 2.26. The fourth-order valence-electron chi connectivity index (χ4n) is 2.23. The van der Waals surface area contributed by atoms with E-state index in [2.05, 4.69) is 5.32 Å². The molecule has 4 heteroatoms. The first-order chi connectivity index (χ1) is 9.52. The maximum Gasteiger partial charge on any atom is 0.252 e. The summed E-state index contributed by atoms with van der Waals surface area (Å²) in [5.74, 6) is 0.753.